The number of halogens is 5. The summed E-state index contributed by atoms with van der Waals surface area (Å²) < 4.78 is 80.1. The van der Waals surface area contributed by atoms with Crippen LogP contribution in [-0.2, 0) is 10.0 Å². The minimum atomic E-state index is -4.76. The van der Waals surface area contributed by atoms with Gasteiger partial charge in [-0.2, -0.15) is 23.2 Å². The highest BCUT2D eigenvalue weighted by Gasteiger charge is 2.44. The molecule has 0 amide bonds. The molecule has 1 aromatic rings. The Balaban J connectivity index is 1.74. The van der Waals surface area contributed by atoms with Crippen LogP contribution < -0.4 is 14.9 Å². The van der Waals surface area contributed by atoms with Crippen molar-refractivity contribution in [3.05, 3.63) is 81.1 Å². The fraction of sp³-hybridized carbons (Fsp3) is 0.333. The van der Waals surface area contributed by atoms with Gasteiger partial charge in [0.25, 0.3) is 0 Å². The Morgan fingerprint density at radius 2 is 2.14 bits per heavy atom. The fourth-order valence-corrected chi connectivity index (χ4v) is 5.79. The van der Waals surface area contributed by atoms with Crippen LogP contribution >= 0.6 is 11.6 Å². The summed E-state index contributed by atoms with van der Waals surface area (Å²) >= 11 is 6.44. The molecule has 1 aliphatic carbocycles. The average Bonchev–Trinajstić information content (AvgIpc) is 3.15. The predicted octanol–water partition coefficient (Wildman–Crippen LogP) is 5.11. The number of nitrogens with zero attached hydrogens (tertiary/aromatic N) is 3. The van der Waals surface area contributed by atoms with Crippen LogP contribution in [0.15, 0.2) is 76.0 Å². The van der Waals surface area contributed by atoms with Crippen molar-refractivity contribution >= 4 is 27.4 Å². The zero-order valence-corrected chi connectivity index (χ0v) is 21.2. The Bertz CT molecular complexity index is 1420. The van der Waals surface area contributed by atoms with E-state index >= 15 is 0 Å². The Morgan fingerprint density at radius 3 is 2.70 bits per heavy atom. The number of hydrogen-bond acceptors (Lipinski definition) is 6. The Morgan fingerprint density at radius 1 is 1.41 bits per heavy atom. The van der Waals surface area contributed by atoms with Crippen LogP contribution in [0.1, 0.15) is 26.7 Å². The minimum absolute atomic E-state index is 0.0342. The van der Waals surface area contributed by atoms with Crippen LogP contribution in [0, 0.1) is 17.2 Å². The number of alkyl halides is 3. The maximum absolute atomic E-state index is 14.8. The minimum Gasteiger partial charge on any atom is -0.378 e. The predicted molar refractivity (Wildman–Crippen MR) is 131 cm³/mol. The quantitative estimate of drug-likeness (QED) is 0.473. The number of sulfonamides is 1. The number of hydrogen-bond donors (Lipinski definition) is 2. The molecule has 3 atom stereocenters. The second-order valence-corrected chi connectivity index (χ2v) is 10.7. The summed E-state index contributed by atoms with van der Waals surface area (Å²) in [5.41, 5.74) is 1.69. The number of rotatable bonds is 6. The summed E-state index contributed by atoms with van der Waals surface area (Å²) in [7, 11) is -4.50. The van der Waals surface area contributed by atoms with E-state index in [4.69, 9.17) is 11.6 Å². The van der Waals surface area contributed by atoms with Crippen molar-refractivity contribution < 1.29 is 26.0 Å². The van der Waals surface area contributed by atoms with E-state index in [-0.39, 0.29) is 22.8 Å². The smallest absolute Gasteiger partial charge is 0.378 e. The van der Waals surface area contributed by atoms with Crippen molar-refractivity contribution in [3.8, 4) is 6.07 Å². The van der Waals surface area contributed by atoms with Gasteiger partial charge in [0.2, 0.25) is 10.0 Å². The summed E-state index contributed by atoms with van der Waals surface area (Å²) in [6, 6.07) is 2.32. The molecular formula is C24H22ClF4N5O2S. The van der Waals surface area contributed by atoms with Crippen molar-refractivity contribution in [1.82, 2.24) is 15.0 Å². The zero-order chi connectivity index (χ0) is 27.1. The molecule has 2 unspecified atom stereocenters. The number of allylic oxidation sites excluding steroid dienone is 5. The van der Waals surface area contributed by atoms with Gasteiger partial charge in [-0.25, -0.2) is 17.8 Å². The summed E-state index contributed by atoms with van der Waals surface area (Å²) in [4.78, 5) is 5.61. The lowest BCUT2D eigenvalue weighted by Crippen LogP contribution is -2.44. The lowest BCUT2D eigenvalue weighted by molar-refractivity contribution is -0.146. The van der Waals surface area contributed by atoms with E-state index in [0.29, 0.717) is 36.1 Å². The number of dihydropyridines is 1. The number of pyridine rings is 1. The Hall–Kier alpha value is -3.14. The van der Waals surface area contributed by atoms with Gasteiger partial charge in [-0.15, -0.1) is 0 Å². The summed E-state index contributed by atoms with van der Waals surface area (Å²) in [6.45, 7) is 2.51. The topological polar surface area (TPSA) is 98.1 Å². The van der Waals surface area contributed by atoms with Gasteiger partial charge in [0.05, 0.1) is 33.3 Å². The second kappa shape index (κ2) is 9.96. The van der Waals surface area contributed by atoms with Crippen LogP contribution in [0.4, 0.5) is 23.4 Å². The van der Waals surface area contributed by atoms with Crippen molar-refractivity contribution in [2.45, 2.75) is 44.9 Å². The Kier molecular flexibility index (Phi) is 7.25. The number of fused-ring (bicyclic) bond motifs is 1. The summed E-state index contributed by atoms with van der Waals surface area (Å²) in [5, 5.41) is 13.2. The van der Waals surface area contributed by atoms with Crippen molar-refractivity contribution in [3.63, 3.8) is 0 Å². The molecule has 4 rings (SSSR count). The molecule has 3 heterocycles. The van der Waals surface area contributed by atoms with Crippen molar-refractivity contribution in [2.75, 3.05) is 4.90 Å². The summed E-state index contributed by atoms with van der Waals surface area (Å²) in [5.74, 6) is -0.647. The third kappa shape index (κ3) is 5.03. The number of aromatic nitrogens is 1. The zero-order valence-electron chi connectivity index (χ0n) is 19.6. The fourth-order valence-electron chi connectivity index (χ4n) is 4.37. The molecule has 0 spiro atoms. The molecule has 196 valence electrons. The molecule has 2 aliphatic heterocycles. The van der Waals surface area contributed by atoms with E-state index in [0.717, 1.165) is 12.3 Å². The van der Waals surface area contributed by atoms with Gasteiger partial charge in [-0.1, -0.05) is 24.6 Å². The highest BCUT2D eigenvalue weighted by Crippen LogP contribution is 2.49. The lowest BCUT2D eigenvalue weighted by atomic mass is 9.87. The van der Waals surface area contributed by atoms with Gasteiger partial charge in [-0.05, 0) is 43.2 Å². The van der Waals surface area contributed by atoms with Crippen LogP contribution in [0.5, 0.6) is 0 Å². The first-order valence-electron chi connectivity index (χ1n) is 11.3. The van der Waals surface area contributed by atoms with E-state index in [2.05, 4.69) is 16.4 Å². The first-order valence-corrected chi connectivity index (χ1v) is 13.1. The van der Waals surface area contributed by atoms with Gasteiger partial charge in [0.1, 0.15) is 11.9 Å². The molecule has 2 N–H and O–H groups in total. The van der Waals surface area contributed by atoms with Gasteiger partial charge in [0, 0.05) is 30.4 Å². The molecular weight excluding hydrogens is 534 g/mol. The third-order valence-corrected chi connectivity index (χ3v) is 8.11. The second-order valence-electron chi connectivity index (χ2n) is 8.60. The molecule has 0 saturated carbocycles. The normalized spacial score (nSPS) is 22.8. The molecule has 0 radical (unpaired) electrons. The van der Waals surface area contributed by atoms with Gasteiger partial charge >= 0.3 is 6.18 Å². The van der Waals surface area contributed by atoms with Crippen molar-refractivity contribution in [2.24, 2.45) is 5.92 Å². The Labute approximate surface area is 216 Å². The van der Waals surface area contributed by atoms with Crippen LogP contribution in [0.3, 0.4) is 0 Å². The van der Waals surface area contributed by atoms with Gasteiger partial charge in [0.15, 0.2) is 5.82 Å². The highest BCUT2D eigenvalue weighted by atomic mass is 35.5. The third-order valence-electron chi connectivity index (χ3n) is 6.27. The van der Waals surface area contributed by atoms with Gasteiger partial charge < -0.3 is 5.32 Å². The molecule has 13 heteroatoms. The molecule has 7 nitrogen and oxygen atoms in total. The average molecular weight is 556 g/mol. The number of nitrogens with one attached hydrogen (secondary N) is 2. The molecule has 37 heavy (non-hydrogen) atoms. The lowest BCUT2D eigenvalue weighted by Gasteiger charge is -2.31. The number of nitriles is 1. The molecule has 0 aromatic carbocycles. The first kappa shape index (κ1) is 26.9. The maximum atomic E-state index is 14.8. The molecule has 3 aliphatic rings. The monoisotopic (exact) mass is 555 g/mol. The summed E-state index contributed by atoms with van der Waals surface area (Å²) in [6.07, 6.45) is 2.44. The molecule has 1 aromatic heterocycles. The van der Waals surface area contributed by atoms with Gasteiger partial charge in [-0.3, -0.25) is 4.90 Å². The van der Waals surface area contributed by atoms with E-state index < -0.39 is 39.1 Å². The van der Waals surface area contributed by atoms with E-state index in [1.807, 2.05) is 6.92 Å². The van der Waals surface area contributed by atoms with E-state index in [1.165, 1.54) is 12.3 Å². The van der Waals surface area contributed by atoms with E-state index in [1.54, 1.807) is 27.8 Å². The van der Waals surface area contributed by atoms with Crippen molar-refractivity contribution in [1.29, 1.82) is 5.26 Å². The molecule has 0 bridgehead atoms. The highest BCUT2D eigenvalue weighted by molar-refractivity contribution is 7.93. The van der Waals surface area contributed by atoms with Crippen LogP contribution in [0.25, 0.3) is 0 Å². The van der Waals surface area contributed by atoms with Crippen LogP contribution in [-0.4, -0.2) is 31.7 Å². The number of anilines is 1. The van der Waals surface area contributed by atoms with Crippen LogP contribution in [0.2, 0.25) is 5.02 Å². The first-order chi connectivity index (χ1) is 17.4. The largest absolute Gasteiger partial charge is 0.404 e. The van der Waals surface area contributed by atoms with E-state index in [9.17, 15) is 31.2 Å². The standard InChI is InChI=1S/C24H22ClF4N5O2S/c1-3-14-9-21-16(10-19(14)26)17(11-30)22(34(21)23-18(25)5-4-8-31-23)20-7-6-15(12-32-20)37(35,36)33-13(2)24(27,28)29/h4-9,12-13,16,20,32-33H,3,10H2,1-2H3/t13-,16?,20?/m0/s1. The molecule has 0 fully saturated rings. The SMILES string of the molecule is CCC1=C(F)CC2C(=C1)N(c1ncccc1Cl)C(C1C=CC(S(=O)(=O)N[C@@H](C)C(F)(F)F)=CN1)=C2C#N. The molecule has 0 saturated heterocycles. The maximum Gasteiger partial charge on any atom is 0.404 e.